The molecule has 29 heavy (non-hydrogen) atoms. The van der Waals surface area contributed by atoms with Crippen LogP contribution in [0.2, 0.25) is 0 Å². The van der Waals surface area contributed by atoms with E-state index in [9.17, 15) is 14.4 Å². The van der Waals surface area contributed by atoms with E-state index in [1.165, 1.54) is 11.3 Å². The van der Waals surface area contributed by atoms with Crippen molar-refractivity contribution in [2.45, 2.75) is 46.5 Å². The van der Waals surface area contributed by atoms with E-state index >= 15 is 0 Å². The predicted molar refractivity (Wildman–Crippen MR) is 113 cm³/mol. The van der Waals surface area contributed by atoms with Gasteiger partial charge < -0.3 is 15.8 Å². The third-order valence-electron chi connectivity index (χ3n) is 5.30. The number of amides is 2. The van der Waals surface area contributed by atoms with Crippen LogP contribution in [0, 0.1) is 19.8 Å². The summed E-state index contributed by atoms with van der Waals surface area (Å²) in [6.07, 6.45) is 2.76. The first-order valence-electron chi connectivity index (χ1n) is 9.70. The first-order chi connectivity index (χ1) is 13.7. The van der Waals surface area contributed by atoms with Crippen molar-refractivity contribution in [3.05, 3.63) is 50.9 Å². The number of nitrogens with one attached hydrogen (secondary N) is 1. The second-order valence-electron chi connectivity index (χ2n) is 7.72. The number of hydrogen-bond donors (Lipinski definition) is 2. The van der Waals surface area contributed by atoms with E-state index in [2.05, 4.69) is 12.2 Å². The Hall–Kier alpha value is -2.67. The van der Waals surface area contributed by atoms with Gasteiger partial charge in [0.05, 0.1) is 12.0 Å². The van der Waals surface area contributed by atoms with Gasteiger partial charge in [0.25, 0.3) is 11.8 Å². The second kappa shape index (κ2) is 8.78. The Labute approximate surface area is 174 Å². The summed E-state index contributed by atoms with van der Waals surface area (Å²) in [7, 11) is 0. The normalized spacial score (nSPS) is 15.5. The standard InChI is InChI=1S/C22H26N2O4S/c1-12-4-7-16-17(8-12)29-22(20(16)21(23)27)24-18(25)11-28-19(26)10-15-6-5-13(2)14(3)9-15/h5-6,9,12H,4,7-8,10-11H2,1-3H3,(H2,23,27)(H,24,25)/t12-/m1/s1. The average Bonchev–Trinajstić information content (AvgIpc) is 3.00. The molecule has 3 N–H and O–H groups in total. The zero-order valence-corrected chi connectivity index (χ0v) is 17.8. The fraction of sp³-hybridized carbons (Fsp3) is 0.409. The number of fused-ring (bicyclic) bond motifs is 1. The summed E-state index contributed by atoms with van der Waals surface area (Å²) >= 11 is 1.39. The van der Waals surface area contributed by atoms with E-state index in [0.717, 1.165) is 46.4 Å². The van der Waals surface area contributed by atoms with Crippen molar-refractivity contribution in [1.29, 1.82) is 0 Å². The summed E-state index contributed by atoms with van der Waals surface area (Å²) in [5.74, 6) is -0.957. The van der Waals surface area contributed by atoms with E-state index in [1.807, 2.05) is 32.0 Å². The highest BCUT2D eigenvalue weighted by atomic mass is 32.1. The van der Waals surface area contributed by atoms with Crippen LogP contribution in [-0.2, 0) is 33.6 Å². The molecule has 1 atom stereocenters. The van der Waals surface area contributed by atoms with Crippen molar-refractivity contribution in [2.24, 2.45) is 11.7 Å². The molecule has 0 spiro atoms. The highest BCUT2D eigenvalue weighted by Gasteiger charge is 2.27. The highest BCUT2D eigenvalue weighted by Crippen LogP contribution is 2.39. The first kappa shape index (κ1) is 21.0. The van der Waals surface area contributed by atoms with E-state index in [0.29, 0.717) is 16.5 Å². The summed E-state index contributed by atoms with van der Waals surface area (Å²) in [6.45, 7) is 5.75. The average molecular weight is 415 g/mol. The number of carbonyl (C=O) groups excluding carboxylic acids is 3. The topological polar surface area (TPSA) is 98.5 Å². The molecule has 1 aliphatic carbocycles. The number of ether oxygens (including phenoxy) is 1. The molecule has 0 fully saturated rings. The molecular weight excluding hydrogens is 388 g/mol. The molecule has 3 rings (SSSR count). The molecule has 1 aromatic carbocycles. The van der Waals surface area contributed by atoms with Gasteiger partial charge in [-0.1, -0.05) is 25.1 Å². The molecule has 7 heteroatoms. The van der Waals surface area contributed by atoms with Crippen molar-refractivity contribution >= 4 is 34.1 Å². The Morgan fingerprint density at radius 1 is 1.24 bits per heavy atom. The molecule has 0 aliphatic heterocycles. The molecule has 0 saturated heterocycles. The molecule has 1 heterocycles. The lowest BCUT2D eigenvalue weighted by Crippen LogP contribution is -2.23. The molecule has 0 radical (unpaired) electrons. The van der Waals surface area contributed by atoms with Crippen LogP contribution in [0.3, 0.4) is 0 Å². The second-order valence-corrected chi connectivity index (χ2v) is 8.83. The Bertz CT molecular complexity index is 964. The Morgan fingerprint density at radius 2 is 2.00 bits per heavy atom. The maximum Gasteiger partial charge on any atom is 0.310 e. The molecule has 6 nitrogen and oxygen atoms in total. The van der Waals surface area contributed by atoms with Crippen molar-refractivity contribution in [2.75, 3.05) is 11.9 Å². The zero-order chi connectivity index (χ0) is 21.1. The van der Waals surface area contributed by atoms with Crippen LogP contribution in [0.1, 0.15) is 50.8 Å². The minimum absolute atomic E-state index is 0.103. The van der Waals surface area contributed by atoms with Gasteiger partial charge in [0.15, 0.2) is 6.61 Å². The van der Waals surface area contributed by atoms with Crippen molar-refractivity contribution in [3.8, 4) is 0 Å². The molecule has 0 saturated carbocycles. The van der Waals surface area contributed by atoms with E-state index in [4.69, 9.17) is 10.5 Å². The summed E-state index contributed by atoms with van der Waals surface area (Å²) in [5.41, 5.74) is 9.99. The van der Waals surface area contributed by atoms with Gasteiger partial charge in [-0.25, -0.2) is 0 Å². The lowest BCUT2D eigenvalue weighted by molar-refractivity contribution is -0.146. The van der Waals surface area contributed by atoms with E-state index in [1.54, 1.807) is 0 Å². The third kappa shape index (κ3) is 5.03. The number of primary amides is 1. The molecule has 154 valence electrons. The summed E-state index contributed by atoms with van der Waals surface area (Å²) in [6, 6.07) is 5.77. The van der Waals surface area contributed by atoms with Crippen LogP contribution in [0.25, 0.3) is 0 Å². The molecule has 0 bridgehead atoms. The van der Waals surface area contributed by atoms with Gasteiger partial charge in [-0.15, -0.1) is 11.3 Å². The lowest BCUT2D eigenvalue weighted by atomic mass is 9.88. The Kier molecular flexibility index (Phi) is 6.37. The number of carbonyl (C=O) groups is 3. The van der Waals surface area contributed by atoms with E-state index in [-0.39, 0.29) is 6.42 Å². The van der Waals surface area contributed by atoms with Gasteiger partial charge in [0, 0.05) is 4.88 Å². The van der Waals surface area contributed by atoms with Crippen molar-refractivity contribution < 1.29 is 19.1 Å². The number of thiophene rings is 1. The number of esters is 1. The Morgan fingerprint density at radius 3 is 2.69 bits per heavy atom. The SMILES string of the molecule is Cc1ccc(CC(=O)OCC(=O)Nc2sc3c(c2C(N)=O)CC[C@@H](C)C3)cc1C. The van der Waals surface area contributed by atoms with Crippen molar-refractivity contribution in [1.82, 2.24) is 0 Å². The molecular formula is C22H26N2O4S. The monoisotopic (exact) mass is 414 g/mol. The number of anilines is 1. The zero-order valence-electron chi connectivity index (χ0n) is 17.0. The maximum atomic E-state index is 12.3. The van der Waals surface area contributed by atoms with Gasteiger partial charge in [0.2, 0.25) is 0 Å². The number of nitrogens with two attached hydrogens (primary N) is 1. The fourth-order valence-electron chi connectivity index (χ4n) is 3.54. The molecule has 2 aromatic rings. The molecule has 1 aliphatic rings. The number of aryl methyl sites for hydroxylation is 2. The van der Waals surface area contributed by atoms with Crippen LogP contribution in [0.4, 0.5) is 5.00 Å². The van der Waals surface area contributed by atoms with Gasteiger partial charge in [-0.05, 0) is 61.3 Å². The van der Waals surface area contributed by atoms with Crippen LogP contribution in [0.15, 0.2) is 18.2 Å². The van der Waals surface area contributed by atoms with Gasteiger partial charge in [-0.2, -0.15) is 0 Å². The number of rotatable bonds is 6. The fourth-order valence-corrected chi connectivity index (χ4v) is 4.97. The summed E-state index contributed by atoms with van der Waals surface area (Å²) < 4.78 is 5.11. The number of benzene rings is 1. The predicted octanol–water partition coefficient (Wildman–Crippen LogP) is 3.31. The van der Waals surface area contributed by atoms with Crippen LogP contribution < -0.4 is 11.1 Å². The first-order valence-corrected chi connectivity index (χ1v) is 10.5. The van der Waals surface area contributed by atoms with Gasteiger partial charge >= 0.3 is 5.97 Å². The largest absolute Gasteiger partial charge is 0.455 e. The minimum Gasteiger partial charge on any atom is -0.455 e. The third-order valence-corrected chi connectivity index (χ3v) is 6.46. The molecule has 2 amide bonds. The summed E-state index contributed by atoms with van der Waals surface area (Å²) in [5, 5.41) is 3.15. The van der Waals surface area contributed by atoms with Gasteiger partial charge in [0.1, 0.15) is 5.00 Å². The lowest BCUT2D eigenvalue weighted by Gasteiger charge is -2.18. The quantitative estimate of drug-likeness (QED) is 0.709. The van der Waals surface area contributed by atoms with Crippen LogP contribution in [-0.4, -0.2) is 24.4 Å². The van der Waals surface area contributed by atoms with Crippen LogP contribution >= 0.6 is 11.3 Å². The molecule has 0 unspecified atom stereocenters. The number of hydrogen-bond acceptors (Lipinski definition) is 5. The smallest absolute Gasteiger partial charge is 0.310 e. The van der Waals surface area contributed by atoms with E-state index < -0.39 is 24.4 Å². The summed E-state index contributed by atoms with van der Waals surface area (Å²) in [4.78, 5) is 37.4. The van der Waals surface area contributed by atoms with Crippen LogP contribution in [0.5, 0.6) is 0 Å². The maximum absolute atomic E-state index is 12.3. The Balaban J connectivity index is 1.60. The molecule has 1 aromatic heterocycles. The van der Waals surface area contributed by atoms with Gasteiger partial charge in [-0.3, -0.25) is 14.4 Å². The highest BCUT2D eigenvalue weighted by molar-refractivity contribution is 7.17. The minimum atomic E-state index is -0.543. The van der Waals surface area contributed by atoms with Crippen molar-refractivity contribution in [3.63, 3.8) is 0 Å².